The molecule has 0 saturated carbocycles. The van der Waals surface area contributed by atoms with Crippen LogP contribution in [0.25, 0.3) is 0 Å². The van der Waals surface area contributed by atoms with Gasteiger partial charge in [-0.3, -0.25) is 9.59 Å². The highest BCUT2D eigenvalue weighted by molar-refractivity contribution is 6.37. The monoisotopic (exact) mass is 380 g/mol. The van der Waals surface area contributed by atoms with Crippen LogP contribution < -0.4 is 10.6 Å². The van der Waals surface area contributed by atoms with E-state index in [1.165, 1.54) is 6.07 Å². The molecule has 0 heterocycles. The number of hydrogen-bond acceptors (Lipinski definition) is 3. The van der Waals surface area contributed by atoms with Crippen LogP contribution >= 0.6 is 23.2 Å². The Morgan fingerprint density at radius 1 is 1.08 bits per heavy atom. The summed E-state index contributed by atoms with van der Waals surface area (Å²) in [7, 11) is 1.61. The molecule has 7 heteroatoms. The molecule has 2 aromatic rings. The van der Waals surface area contributed by atoms with E-state index in [9.17, 15) is 9.59 Å². The maximum Gasteiger partial charge on any atom is 0.257 e. The normalized spacial score (nSPS) is 10.4. The Morgan fingerprint density at radius 3 is 2.60 bits per heavy atom. The quantitative estimate of drug-likeness (QED) is 0.712. The van der Waals surface area contributed by atoms with Crippen molar-refractivity contribution < 1.29 is 14.3 Å². The number of anilines is 1. The fourth-order valence-corrected chi connectivity index (χ4v) is 2.63. The number of halogens is 2. The number of amides is 2. The van der Waals surface area contributed by atoms with Gasteiger partial charge >= 0.3 is 0 Å². The van der Waals surface area contributed by atoms with Crippen molar-refractivity contribution in [2.24, 2.45) is 0 Å². The molecule has 0 fully saturated rings. The molecular formula is C18H18Cl2N2O3. The van der Waals surface area contributed by atoms with Crippen molar-refractivity contribution >= 4 is 40.7 Å². The van der Waals surface area contributed by atoms with Gasteiger partial charge in [0.25, 0.3) is 11.8 Å². The van der Waals surface area contributed by atoms with E-state index in [0.717, 1.165) is 6.42 Å². The molecule has 0 radical (unpaired) electrons. The Hall–Kier alpha value is -2.08. The average Bonchev–Trinajstić information content (AvgIpc) is 2.58. The summed E-state index contributed by atoms with van der Waals surface area (Å²) in [4.78, 5) is 24.4. The number of ether oxygens (including phenoxy) is 1. The molecule has 0 atom stereocenters. The second-order valence-electron chi connectivity index (χ2n) is 5.26. The van der Waals surface area contributed by atoms with E-state index in [2.05, 4.69) is 10.6 Å². The van der Waals surface area contributed by atoms with Gasteiger partial charge in [0.1, 0.15) is 0 Å². The van der Waals surface area contributed by atoms with E-state index in [-0.39, 0.29) is 16.8 Å². The molecule has 0 aliphatic carbocycles. The molecule has 132 valence electrons. The van der Waals surface area contributed by atoms with E-state index in [1.807, 2.05) is 0 Å². The maximum absolute atomic E-state index is 12.3. The van der Waals surface area contributed by atoms with Gasteiger partial charge in [-0.15, -0.1) is 0 Å². The van der Waals surface area contributed by atoms with E-state index in [1.54, 1.807) is 43.5 Å². The Morgan fingerprint density at radius 2 is 1.88 bits per heavy atom. The van der Waals surface area contributed by atoms with Crippen molar-refractivity contribution in [1.29, 1.82) is 0 Å². The lowest BCUT2D eigenvalue weighted by atomic mass is 10.1. The first-order valence-corrected chi connectivity index (χ1v) is 8.40. The van der Waals surface area contributed by atoms with E-state index in [0.29, 0.717) is 35.0 Å². The van der Waals surface area contributed by atoms with Gasteiger partial charge in [0.2, 0.25) is 0 Å². The van der Waals surface area contributed by atoms with Crippen LogP contribution in [0, 0.1) is 0 Å². The third kappa shape index (κ3) is 5.74. The van der Waals surface area contributed by atoms with Crippen LogP contribution in [0.5, 0.6) is 0 Å². The highest BCUT2D eigenvalue weighted by Gasteiger charge is 2.12. The minimum Gasteiger partial charge on any atom is -0.385 e. The van der Waals surface area contributed by atoms with Crippen molar-refractivity contribution in [3.8, 4) is 0 Å². The zero-order valence-corrected chi connectivity index (χ0v) is 15.2. The predicted octanol–water partition coefficient (Wildman–Crippen LogP) is 4.01. The number of benzene rings is 2. The minimum absolute atomic E-state index is 0.211. The number of hydrogen-bond donors (Lipinski definition) is 2. The number of carbonyl (C=O) groups excluding carboxylic acids is 2. The van der Waals surface area contributed by atoms with Gasteiger partial charge in [0, 0.05) is 36.5 Å². The molecule has 0 saturated heterocycles. The standard InChI is InChI=1S/C18H18Cl2N2O3/c1-25-9-3-8-21-17(23)12-4-2-5-14(10-12)22-18(24)15-7-6-13(19)11-16(15)20/h2,4-7,10-11H,3,8-9H2,1H3,(H,21,23)(H,22,24). The van der Waals surface area contributed by atoms with Crippen LogP contribution in [0.4, 0.5) is 5.69 Å². The Kier molecular flexibility index (Phi) is 7.25. The first-order chi connectivity index (χ1) is 12.0. The molecule has 0 bridgehead atoms. The highest BCUT2D eigenvalue weighted by atomic mass is 35.5. The van der Waals surface area contributed by atoms with Crippen LogP contribution in [0.1, 0.15) is 27.1 Å². The smallest absolute Gasteiger partial charge is 0.257 e. The average molecular weight is 381 g/mol. The Balaban J connectivity index is 2.03. The van der Waals surface area contributed by atoms with Gasteiger partial charge in [0.15, 0.2) is 0 Å². The van der Waals surface area contributed by atoms with Crippen LogP contribution in [-0.2, 0) is 4.74 Å². The van der Waals surface area contributed by atoms with E-state index in [4.69, 9.17) is 27.9 Å². The zero-order valence-electron chi connectivity index (χ0n) is 13.6. The Labute approximate surface area is 156 Å². The summed E-state index contributed by atoms with van der Waals surface area (Å²) in [6.07, 6.45) is 0.730. The Bertz CT molecular complexity index is 766. The summed E-state index contributed by atoms with van der Waals surface area (Å²) in [6.45, 7) is 1.10. The summed E-state index contributed by atoms with van der Waals surface area (Å²) in [5.41, 5.74) is 1.26. The maximum atomic E-state index is 12.3. The van der Waals surface area contributed by atoms with Crippen molar-refractivity contribution in [3.63, 3.8) is 0 Å². The number of nitrogens with one attached hydrogen (secondary N) is 2. The van der Waals surface area contributed by atoms with Crippen LogP contribution in [0.2, 0.25) is 10.0 Å². The molecule has 0 aliphatic heterocycles. The number of methoxy groups -OCH3 is 1. The fourth-order valence-electron chi connectivity index (χ4n) is 2.13. The molecule has 2 N–H and O–H groups in total. The molecule has 25 heavy (non-hydrogen) atoms. The second kappa shape index (κ2) is 9.42. The third-order valence-corrected chi connectivity index (χ3v) is 3.92. The first-order valence-electron chi connectivity index (χ1n) is 7.65. The van der Waals surface area contributed by atoms with Crippen LogP contribution in [-0.4, -0.2) is 32.1 Å². The van der Waals surface area contributed by atoms with Crippen molar-refractivity contribution in [1.82, 2.24) is 5.32 Å². The summed E-state index contributed by atoms with van der Waals surface area (Å²) in [6, 6.07) is 11.3. The summed E-state index contributed by atoms with van der Waals surface area (Å²) >= 11 is 11.9. The minimum atomic E-state index is -0.376. The molecule has 0 unspecified atom stereocenters. The van der Waals surface area contributed by atoms with Crippen molar-refractivity contribution in [3.05, 3.63) is 63.6 Å². The predicted molar refractivity (Wildman–Crippen MR) is 99.7 cm³/mol. The summed E-state index contributed by atoms with van der Waals surface area (Å²) in [5, 5.41) is 6.23. The second-order valence-corrected chi connectivity index (χ2v) is 6.10. The molecule has 5 nitrogen and oxygen atoms in total. The zero-order chi connectivity index (χ0) is 18.2. The number of carbonyl (C=O) groups is 2. The van der Waals surface area contributed by atoms with Crippen LogP contribution in [0.3, 0.4) is 0 Å². The fraction of sp³-hybridized carbons (Fsp3) is 0.222. The van der Waals surface area contributed by atoms with E-state index < -0.39 is 0 Å². The molecular weight excluding hydrogens is 363 g/mol. The lowest BCUT2D eigenvalue weighted by Gasteiger charge is -2.09. The summed E-state index contributed by atoms with van der Waals surface area (Å²) < 4.78 is 4.93. The third-order valence-electron chi connectivity index (χ3n) is 3.37. The van der Waals surface area contributed by atoms with Gasteiger partial charge in [-0.05, 0) is 42.8 Å². The summed E-state index contributed by atoms with van der Waals surface area (Å²) in [5.74, 6) is -0.587. The first kappa shape index (κ1) is 19.2. The molecule has 0 aliphatic rings. The lowest BCUT2D eigenvalue weighted by molar-refractivity contribution is 0.0947. The largest absolute Gasteiger partial charge is 0.385 e. The number of rotatable bonds is 7. The molecule has 0 spiro atoms. The van der Waals surface area contributed by atoms with Gasteiger partial charge in [0.05, 0.1) is 10.6 Å². The molecule has 0 aromatic heterocycles. The van der Waals surface area contributed by atoms with Gasteiger partial charge in [-0.1, -0.05) is 29.3 Å². The van der Waals surface area contributed by atoms with Crippen molar-refractivity contribution in [2.45, 2.75) is 6.42 Å². The highest BCUT2D eigenvalue weighted by Crippen LogP contribution is 2.22. The molecule has 2 amide bonds. The van der Waals surface area contributed by atoms with E-state index >= 15 is 0 Å². The van der Waals surface area contributed by atoms with Gasteiger partial charge < -0.3 is 15.4 Å². The van der Waals surface area contributed by atoms with Gasteiger partial charge in [-0.2, -0.15) is 0 Å². The van der Waals surface area contributed by atoms with Gasteiger partial charge in [-0.25, -0.2) is 0 Å². The van der Waals surface area contributed by atoms with Crippen molar-refractivity contribution in [2.75, 3.05) is 25.6 Å². The molecule has 2 rings (SSSR count). The SMILES string of the molecule is COCCCNC(=O)c1cccc(NC(=O)c2ccc(Cl)cc2Cl)c1. The van der Waals surface area contributed by atoms with Crippen LogP contribution in [0.15, 0.2) is 42.5 Å². The topological polar surface area (TPSA) is 67.4 Å². The lowest BCUT2D eigenvalue weighted by Crippen LogP contribution is -2.25. The molecule has 2 aromatic carbocycles.